The van der Waals surface area contributed by atoms with Crippen LogP contribution in [0.1, 0.15) is 16.7 Å². The number of hydrogen-bond donors (Lipinski definition) is 2. The summed E-state index contributed by atoms with van der Waals surface area (Å²) in [5.74, 6) is 0.777. The number of nitrogens with one attached hydrogen (secondary N) is 2. The molecule has 186 valence electrons. The van der Waals surface area contributed by atoms with E-state index in [1.807, 2.05) is 68.5 Å². The summed E-state index contributed by atoms with van der Waals surface area (Å²) in [4.78, 5) is 5.08. The van der Waals surface area contributed by atoms with Gasteiger partial charge in [-0.1, -0.05) is 72.3 Å². The molecule has 0 saturated heterocycles. The molecule has 0 amide bonds. The molecule has 5 rings (SSSR count). The lowest BCUT2D eigenvalue weighted by molar-refractivity contribution is 0.580. The molecule has 37 heavy (non-hydrogen) atoms. The van der Waals surface area contributed by atoms with Crippen LogP contribution in [0.4, 0.5) is 5.82 Å². The molecule has 0 aliphatic heterocycles. The third-order valence-corrected chi connectivity index (χ3v) is 8.00. The molecule has 0 aliphatic rings. The highest BCUT2D eigenvalue weighted by molar-refractivity contribution is 7.89. The molecule has 7 nitrogen and oxygen atoms in total. The number of fused-ring (bicyclic) bond motifs is 1. The van der Waals surface area contributed by atoms with Gasteiger partial charge in [0.2, 0.25) is 10.0 Å². The van der Waals surface area contributed by atoms with Crippen LogP contribution in [0.5, 0.6) is 0 Å². The Morgan fingerprint density at radius 1 is 0.946 bits per heavy atom. The number of hydrogen-bond acceptors (Lipinski definition) is 5. The second-order valence-electron chi connectivity index (χ2n) is 8.83. The molecule has 2 heterocycles. The lowest BCUT2D eigenvalue weighted by Crippen LogP contribution is -2.24. The molecular formula is C27H25BClN5O2S. The van der Waals surface area contributed by atoms with Gasteiger partial charge in [0.1, 0.15) is 13.7 Å². The highest BCUT2D eigenvalue weighted by atomic mass is 35.5. The first-order valence-electron chi connectivity index (χ1n) is 11.8. The maximum absolute atomic E-state index is 12.8. The summed E-state index contributed by atoms with van der Waals surface area (Å²) in [5.41, 5.74) is 5.88. The summed E-state index contributed by atoms with van der Waals surface area (Å²) in [6, 6.07) is 24.3. The Hall–Kier alpha value is -3.66. The van der Waals surface area contributed by atoms with Crippen LogP contribution in [0.25, 0.3) is 16.9 Å². The smallest absolute Gasteiger partial charge is 0.241 e. The second-order valence-corrected chi connectivity index (χ2v) is 11.0. The van der Waals surface area contributed by atoms with Crippen molar-refractivity contribution in [1.29, 1.82) is 0 Å². The minimum absolute atomic E-state index is 0.193. The summed E-state index contributed by atoms with van der Waals surface area (Å²) in [5, 5.41) is 8.57. The first-order valence-corrected chi connectivity index (χ1v) is 13.7. The molecule has 2 aromatic heterocycles. The number of halogens is 1. The van der Waals surface area contributed by atoms with Crippen molar-refractivity contribution in [3.8, 4) is 11.3 Å². The molecule has 3 aromatic carbocycles. The molecule has 0 spiro atoms. The molecule has 0 unspecified atom stereocenters. The van der Waals surface area contributed by atoms with E-state index in [1.165, 1.54) is 0 Å². The maximum atomic E-state index is 12.8. The highest BCUT2D eigenvalue weighted by Crippen LogP contribution is 2.28. The fraction of sp³-hybridized carbons (Fsp3) is 0.111. The molecule has 10 heteroatoms. The maximum Gasteiger partial charge on any atom is 0.241 e. The monoisotopic (exact) mass is 529 g/mol. The summed E-state index contributed by atoms with van der Waals surface area (Å²) >= 11 is 6.44. The first kappa shape index (κ1) is 25.0. The Bertz CT molecular complexity index is 1700. The van der Waals surface area contributed by atoms with Crippen LogP contribution in [0.15, 0.2) is 90.0 Å². The van der Waals surface area contributed by atoms with Crippen molar-refractivity contribution in [3.63, 3.8) is 0 Å². The molecule has 0 saturated carbocycles. The molecule has 2 N–H and O–H groups in total. The highest BCUT2D eigenvalue weighted by Gasteiger charge is 2.16. The number of nitrogens with zero attached hydrogens (tertiary/aromatic N) is 3. The molecule has 0 radical (unpaired) electrons. The predicted octanol–water partition coefficient (Wildman–Crippen LogP) is 3.71. The van der Waals surface area contributed by atoms with Crippen LogP contribution < -0.4 is 15.5 Å². The zero-order valence-corrected chi connectivity index (χ0v) is 22.0. The summed E-state index contributed by atoms with van der Waals surface area (Å²) in [7, 11) is -1.64. The molecule has 0 aliphatic carbocycles. The quantitative estimate of drug-likeness (QED) is 0.299. The van der Waals surface area contributed by atoms with Gasteiger partial charge in [-0.25, -0.2) is 18.1 Å². The van der Waals surface area contributed by atoms with Gasteiger partial charge in [0.15, 0.2) is 5.65 Å². The number of aryl methyl sites for hydroxylation is 1. The van der Waals surface area contributed by atoms with Gasteiger partial charge in [-0.3, -0.25) is 0 Å². The van der Waals surface area contributed by atoms with Gasteiger partial charge in [-0.15, -0.1) is 0 Å². The predicted molar refractivity (Wildman–Crippen MR) is 151 cm³/mol. The van der Waals surface area contributed by atoms with Crippen molar-refractivity contribution >= 4 is 46.4 Å². The van der Waals surface area contributed by atoms with Gasteiger partial charge in [-0.05, 0) is 41.2 Å². The van der Waals surface area contributed by atoms with E-state index in [9.17, 15) is 8.42 Å². The average Bonchev–Trinajstić information content (AvgIpc) is 3.27. The van der Waals surface area contributed by atoms with E-state index < -0.39 is 10.0 Å². The van der Waals surface area contributed by atoms with Crippen LogP contribution in [-0.4, -0.2) is 30.9 Å². The van der Waals surface area contributed by atoms with Gasteiger partial charge >= 0.3 is 0 Å². The van der Waals surface area contributed by atoms with Gasteiger partial charge in [0, 0.05) is 35.9 Å². The molecular weight excluding hydrogens is 505 g/mol. The average molecular weight is 530 g/mol. The van der Waals surface area contributed by atoms with Crippen molar-refractivity contribution in [1.82, 2.24) is 19.3 Å². The van der Waals surface area contributed by atoms with Gasteiger partial charge in [0.25, 0.3) is 0 Å². The van der Waals surface area contributed by atoms with Gasteiger partial charge in [-0.2, -0.15) is 9.61 Å². The number of sulfonamides is 1. The second kappa shape index (κ2) is 10.4. The SMILES string of the molecule is Bc1cnn2c(NCc3cccc(CNS(=O)(=O)c4ccccc4C)c3)cc(-c3ccccc3Cl)nc12. The minimum Gasteiger partial charge on any atom is -0.366 e. The van der Waals surface area contributed by atoms with Crippen LogP contribution in [0.2, 0.25) is 5.02 Å². The van der Waals surface area contributed by atoms with Crippen molar-refractivity contribution in [2.45, 2.75) is 24.9 Å². The standard InChI is InChI=1S/C27H25BClN5O2S/c1-18-7-2-5-12-25(18)37(35,36)32-16-20-9-6-8-19(13-20)15-30-26-14-24(21-10-3-4-11-23(21)29)33-27-22(28)17-31-34(26)27/h2-14,17,30,32H,15-16,28H2,1H3. The first-order chi connectivity index (χ1) is 17.8. The summed E-state index contributed by atoms with van der Waals surface area (Å²) in [6.07, 6.45) is 1.78. The van der Waals surface area contributed by atoms with Crippen LogP contribution in [0, 0.1) is 6.92 Å². The van der Waals surface area contributed by atoms with E-state index in [-0.39, 0.29) is 6.54 Å². The van der Waals surface area contributed by atoms with Crippen molar-refractivity contribution in [2.24, 2.45) is 0 Å². The van der Waals surface area contributed by atoms with E-state index in [4.69, 9.17) is 16.6 Å². The fourth-order valence-corrected chi connectivity index (χ4v) is 5.66. The summed E-state index contributed by atoms with van der Waals surface area (Å²) < 4.78 is 30.0. The molecule has 0 fully saturated rings. The fourth-order valence-electron chi connectivity index (χ4n) is 4.16. The molecule has 5 aromatic rings. The van der Waals surface area contributed by atoms with E-state index in [0.29, 0.717) is 22.0 Å². The zero-order chi connectivity index (χ0) is 26.0. The van der Waals surface area contributed by atoms with Crippen LogP contribution >= 0.6 is 11.6 Å². The van der Waals surface area contributed by atoms with Crippen molar-refractivity contribution in [3.05, 3.63) is 107 Å². The minimum atomic E-state index is -3.61. The zero-order valence-electron chi connectivity index (χ0n) is 20.4. The molecule has 0 atom stereocenters. The Kier molecular flexibility index (Phi) is 7.01. The summed E-state index contributed by atoms with van der Waals surface area (Å²) in [6.45, 7) is 2.49. The third-order valence-electron chi connectivity index (χ3n) is 6.11. The van der Waals surface area contributed by atoms with Crippen LogP contribution in [0.3, 0.4) is 0 Å². The van der Waals surface area contributed by atoms with E-state index in [0.717, 1.165) is 39.3 Å². The van der Waals surface area contributed by atoms with Gasteiger partial charge < -0.3 is 5.32 Å². The normalized spacial score (nSPS) is 11.6. The van der Waals surface area contributed by atoms with Crippen molar-refractivity contribution in [2.75, 3.05) is 5.32 Å². The van der Waals surface area contributed by atoms with Crippen molar-refractivity contribution < 1.29 is 8.42 Å². The largest absolute Gasteiger partial charge is 0.366 e. The topological polar surface area (TPSA) is 88.4 Å². The number of aromatic nitrogens is 3. The third kappa shape index (κ3) is 5.39. The number of anilines is 1. The van der Waals surface area contributed by atoms with E-state index in [2.05, 4.69) is 15.1 Å². The van der Waals surface area contributed by atoms with E-state index >= 15 is 0 Å². The Labute approximate surface area is 222 Å². The van der Waals surface area contributed by atoms with E-state index in [1.54, 1.807) is 35.8 Å². The number of benzene rings is 3. The lowest BCUT2D eigenvalue weighted by atomic mass is 10.0. The lowest BCUT2D eigenvalue weighted by Gasteiger charge is -2.13. The Balaban J connectivity index is 1.36. The Morgan fingerprint density at radius 3 is 2.46 bits per heavy atom. The van der Waals surface area contributed by atoms with Crippen LogP contribution in [-0.2, 0) is 23.1 Å². The van der Waals surface area contributed by atoms with Gasteiger partial charge in [0.05, 0.1) is 10.6 Å². The Morgan fingerprint density at radius 2 is 1.68 bits per heavy atom. The molecule has 0 bridgehead atoms. The number of rotatable bonds is 8.